The highest BCUT2D eigenvalue weighted by Gasteiger charge is 2.47. The van der Waals surface area contributed by atoms with E-state index in [0.717, 1.165) is 0 Å². The molecule has 1 saturated heterocycles. The number of benzene rings is 1. The second kappa shape index (κ2) is 4.45. The number of thioether (sulfide) groups is 1. The fourth-order valence-electron chi connectivity index (χ4n) is 1.83. The lowest BCUT2D eigenvalue weighted by molar-refractivity contribution is -0.127. The molecular weight excluding hydrogens is 224 g/mol. The van der Waals surface area contributed by atoms with Crippen molar-refractivity contribution >= 4 is 17.7 Å². The molecular formula is C11H14N2O2S. The molecule has 4 N–H and O–H groups in total. The largest absolute Gasteiger partial charge is 0.386 e. The third kappa shape index (κ3) is 1.81. The van der Waals surface area contributed by atoms with Gasteiger partial charge in [-0.2, -0.15) is 0 Å². The number of hydrogen-bond acceptors (Lipinski definition) is 4. The van der Waals surface area contributed by atoms with Crippen LogP contribution in [0.1, 0.15) is 11.7 Å². The fourth-order valence-corrected chi connectivity index (χ4v) is 3.02. The van der Waals surface area contributed by atoms with Crippen molar-refractivity contribution in [3.8, 4) is 0 Å². The Kier molecular flexibility index (Phi) is 3.18. The Balaban J connectivity index is 2.31. The minimum absolute atomic E-state index is 0.498. The maximum absolute atomic E-state index is 11.5. The molecule has 0 aliphatic carbocycles. The summed E-state index contributed by atoms with van der Waals surface area (Å²) in [5, 5.41) is 13.3. The van der Waals surface area contributed by atoms with Gasteiger partial charge in [-0.05, 0) is 5.56 Å². The zero-order valence-electron chi connectivity index (χ0n) is 8.72. The number of rotatable bonds is 3. The number of aliphatic hydroxyl groups excluding tert-OH is 1. The van der Waals surface area contributed by atoms with Crippen LogP contribution in [-0.2, 0) is 4.79 Å². The lowest BCUT2D eigenvalue weighted by Crippen LogP contribution is -2.57. The third-order valence-electron chi connectivity index (χ3n) is 2.84. The van der Waals surface area contributed by atoms with Crippen molar-refractivity contribution in [3.05, 3.63) is 35.9 Å². The van der Waals surface area contributed by atoms with E-state index in [4.69, 9.17) is 5.73 Å². The monoisotopic (exact) mass is 238 g/mol. The van der Waals surface area contributed by atoms with Crippen LogP contribution in [0.5, 0.6) is 0 Å². The van der Waals surface area contributed by atoms with Crippen molar-refractivity contribution in [2.45, 2.75) is 11.6 Å². The number of hydrogen-bond donors (Lipinski definition) is 3. The average Bonchev–Trinajstić information content (AvgIpc) is 2.79. The van der Waals surface area contributed by atoms with Crippen molar-refractivity contribution in [1.29, 1.82) is 0 Å². The van der Waals surface area contributed by atoms with Crippen LogP contribution < -0.4 is 11.1 Å². The van der Waals surface area contributed by atoms with E-state index in [2.05, 4.69) is 5.32 Å². The third-order valence-corrected chi connectivity index (χ3v) is 3.85. The predicted molar refractivity (Wildman–Crippen MR) is 63.8 cm³/mol. The molecule has 86 valence electrons. The Morgan fingerprint density at radius 1 is 1.50 bits per heavy atom. The summed E-state index contributed by atoms with van der Waals surface area (Å²) in [6, 6.07) is 9.11. The summed E-state index contributed by atoms with van der Waals surface area (Å²) in [7, 11) is 0. The first-order valence-electron chi connectivity index (χ1n) is 5.02. The predicted octanol–water partition coefficient (Wildman–Crippen LogP) is 0.238. The maximum atomic E-state index is 11.5. The van der Waals surface area contributed by atoms with E-state index in [0.29, 0.717) is 17.2 Å². The van der Waals surface area contributed by atoms with Gasteiger partial charge in [0.25, 0.3) is 0 Å². The van der Waals surface area contributed by atoms with Gasteiger partial charge in [-0.15, -0.1) is 11.8 Å². The molecule has 1 aromatic carbocycles. The average molecular weight is 238 g/mol. The summed E-state index contributed by atoms with van der Waals surface area (Å²) >= 11 is 1.56. The Hall–Kier alpha value is -1.04. The first-order valence-corrected chi connectivity index (χ1v) is 6.18. The maximum Gasteiger partial charge on any atom is 0.241 e. The molecule has 5 heteroatoms. The Labute approximate surface area is 98.2 Å². The number of nitrogens with one attached hydrogen (secondary N) is 1. The van der Waals surface area contributed by atoms with Crippen molar-refractivity contribution in [2.24, 2.45) is 5.73 Å². The zero-order chi connectivity index (χ0) is 11.6. The van der Waals surface area contributed by atoms with Crippen LogP contribution in [0.4, 0.5) is 0 Å². The van der Waals surface area contributed by atoms with Crippen LogP contribution in [-0.4, -0.2) is 28.2 Å². The van der Waals surface area contributed by atoms with Crippen LogP contribution in [0, 0.1) is 0 Å². The minimum atomic E-state index is -1.04. The lowest BCUT2D eigenvalue weighted by atomic mass is 9.89. The number of carbonyl (C=O) groups is 1. The van der Waals surface area contributed by atoms with Crippen molar-refractivity contribution in [1.82, 2.24) is 5.32 Å². The highest BCUT2D eigenvalue weighted by molar-refractivity contribution is 7.99. The van der Waals surface area contributed by atoms with Gasteiger partial charge in [-0.3, -0.25) is 10.1 Å². The molecule has 0 bridgehead atoms. The van der Waals surface area contributed by atoms with E-state index >= 15 is 0 Å². The quantitative estimate of drug-likeness (QED) is 0.705. The summed E-state index contributed by atoms with van der Waals surface area (Å²) in [5.41, 5.74) is 5.07. The molecule has 2 rings (SSSR count). The molecule has 2 atom stereocenters. The Bertz CT molecular complexity index is 377. The van der Waals surface area contributed by atoms with Gasteiger partial charge in [0, 0.05) is 11.6 Å². The van der Waals surface area contributed by atoms with E-state index in [1.54, 1.807) is 23.9 Å². The molecule has 1 fully saturated rings. The van der Waals surface area contributed by atoms with Crippen molar-refractivity contribution in [2.75, 3.05) is 11.6 Å². The van der Waals surface area contributed by atoms with Crippen molar-refractivity contribution in [3.63, 3.8) is 0 Å². The number of aliphatic hydroxyl groups is 1. The van der Waals surface area contributed by atoms with Gasteiger partial charge in [-0.25, -0.2) is 0 Å². The number of amides is 1. The van der Waals surface area contributed by atoms with Gasteiger partial charge in [-0.1, -0.05) is 30.3 Å². The summed E-state index contributed by atoms with van der Waals surface area (Å²) in [6.45, 7) is 0. The summed E-state index contributed by atoms with van der Waals surface area (Å²) < 4.78 is 0. The first kappa shape index (κ1) is 11.4. The molecule has 0 radical (unpaired) electrons. The fraction of sp³-hybridized carbons (Fsp3) is 0.364. The van der Waals surface area contributed by atoms with Crippen LogP contribution in [0.2, 0.25) is 0 Å². The highest BCUT2D eigenvalue weighted by atomic mass is 32.2. The Morgan fingerprint density at radius 3 is 2.69 bits per heavy atom. The molecule has 4 nitrogen and oxygen atoms in total. The van der Waals surface area contributed by atoms with Gasteiger partial charge in [0.15, 0.2) is 0 Å². The van der Waals surface area contributed by atoms with Crippen molar-refractivity contribution < 1.29 is 9.90 Å². The smallest absolute Gasteiger partial charge is 0.241 e. The van der Waals surface area contributed by atoms with Gasteiger partial charge in [0.2, 0.25) is 5.91 Å². The molecule has 1 aliphatic heterocycles. The Morgan fingerprint density at radius 2 is 2.19 bits per heavy atom. The second-order valence-electron chi connectivity index (χ2n) is 3.82. The zero-order valence-corrected chi connectivity index (χ0v) is 9.54. The summed E-state index contributed by atoms with van der Waals surface area (Å²) in [4.78, 5) is 11.5. The molecule has 1 heterocycles. The minimum Gasteiger partial charge on any atom is -0.386 e. The van der Waals surface area contributed by atoms with Crippen LogP contribution in [0.3, 0.4) is 0 Å². The van der Waals surface area contributed by atoms with E-state index in [1.165, 1.54) is 0 Å². The lowest BCUT2D eigenvalue weighted by Gasteiger charge is -2.30. The van der Waals surface area contributed by atoms with E-state index < -0.39 is 17.6 Å². The number of primary amides is 1. The molecule has 1 aliphatic rings. The molecule has 2 unspecified atom stereocenters. The standard InChI is InChI=1S/C11H14N2O2S/c12-10(15)11(6-16-7-13-11)9(14)8-4-2-1-3-5-8/h1-5,9,13-14H,6-7H2,(H2,12,15). The van der Waals surface area contributed by atoms with Gasteiger partial charge in [0.05, 0.1) is 0 Å². The SMILES string of the molecule is NC(=O)C1(C(O)c2ccccc2)CSCN1. The molecule has 0 aromatic heterocycles. The first-order chi connectivity index (χ1) is 7.67. The molecule has 16 heavy (non-hydrogen) atoms. The van der Waals surface area contributed by atoms with E-state index in [1.807, 2.05) is 18.2 Å². The molecule has 0 spiro atoms. The normalized spacial score (nSPS) is 26.6. The number of nitrogens with two attached hydrogens (primary N) is 1. The molecule has 0 saturated carbocycles. The highest BCUT2D eigenvalue weighted by Crippen LogP contribution is 2.33. The van der Waals surface area contributed by atoms with Crippen LogP contribution in [0.15, 0.2) is 30.3 Å². The van der Waals surface area contributed by atoms with Crippen LogP contribution >= 0.6 is 11.8 Å². The second-order valence-corrected chi connectivity index (χ2v) is 4.80. The van der Waals surface area contributed by atoms with Gasteiger partial charge in [0.1, 0.15) is 11.6 Å². The molecule has 1 aromatic rings. The topological polar surface area (TPSA) is 75.4 Å². The van der Waals surface area contributed by atoms with E-state index in [9.17, 15) is 9.90 Å². The molecule has 1 amide bonds. The summed E-state index contributed by atoms with van der Waals surface area (Å²) in [6.07, 6.45) is -0.902. The van der Waals surface area contributed by atoms with Gasteiger partial charge < -0.3 is 10.8 Å². The summed E-state index contributed by atoms with van der Waals surface area (Å²) in [5.74, 6) is 0.624. The number of carbonyl (C=O) groups excluding carboxylic acids is 1. The van der Waals surface area contributed by atoms with Crippen LogP contribution in [0.25, 0.3) is 0 Å². The van der Waals surface area contributed by atoms with E-state index in [-0.39, 0.29) is 0 Å². The van der Waals surface area contributed by atoms with Gasteiger partial charge >= 0.3 is 0 Å².